The zero-order valence-corrected chi connectivity index (χ0v) is 11.8. The smallest absolute Gasteiger partial charge is 0.410 e. The third-order valence-corrected chi connectivity index (χ3v) is 4.20. The highest BCUT2D eigenvalue weighted by Crippen LogP contribution is 2.45. The van der Waals surface area contributed by atoms with E-state index in [1.807, 2.05) is 27.8 Å². The van der Waals surface area contributed by atoms with Gasteiger partial charge in [0.25, 0.3) is 0 Å². The van der Waals surface area contributed by atoms with Crippen molar-refractivity contribution in [2.24, 2.45) is 11.8 Å². The summed E-state index contributed by atoms with van der Waals surface area (Å²) in [4.78, 5) is 13.7. The Kier molecular flexibility index (Phi) is 3.58. The molecule has 0 saturated heterocycles. The summed E-state index contributed by atoms with van der Waals surface area (Å²) >= 11 is 0. The summed E-state index contributed by atoms with van der Waals surface area (Å²) in [7, 11) is 1.83. The normalized spacial score (nSPS) is 35.4. The number of fused-ring (bicyclic) bond motifs is 1. The molecule has 0 aliphatic heterocycles. The second kappa shape index (κ2) is 4.72. The molecule has 2 fully saturated rings. The van der Waals surface area contributed by atoms with Gasteiger partial charge in [0.2, 0.25) is 0 Å². The molecule has 0 bridgehead atoms. The Morgan fingerprint density at radius 1 is 1.17 bits per heavy atom. The van der Waals surface area contributed by atoms with Crippen molar-refractivity contribution in [2.75, 3.05) is 7.05 Å². The molecular formula is C14H25NO3. The van der Waals surface area contributed by atoms with Gasteiger partial charge in [-0.2, -0.15) is 0 Å². The van der Waals surface area contributed by atoms with E-state index in [1.54, 1.807) is 4.90 Å². The summed E-state index contributed by atoms with van der Waals surface area (Å²) in [6.07, 6.45) is 3.49. The highest BCUT2D eigenvalue weighted by Gasteiger charge is 2.43. The third-order valence-electron chi connectivity index (χ3n) is 4.20. The molecular weight excluding hydrogens is 230 g/mol. The van der Waals surface area contributed by atoms with Gasteiger partial charge in [0.1, 0.15) is 5.60 Å². The van der Waals surface area contributed by atoms with Gasteiger partial charge in [-0.3, -0.25) is 0 Å². The first kappa shape index (κ1) is 13.7. The van der Waals surface area contributed by atoms with Crippen LogP contribution in [0.15, 0.2) is 0 Å². The van der Waals surface area contributed by atoms with E-state index in [4.69, 9.17) is 4.74 Å². The molecule has 4 heteroatoms. The first-order valence-electron chi connectivity index (χ1n) is 6.90. The fourth-order valence-electron chi connectivity index (χ4n) is 3.35. The number of hydrogen-bond donors (Lipinski definition) is 1. The van der Waals surface area contributed by atoms with E-state index < -0.39 is 5.60 Å². The predicted octanol–water partition coefficient (Wildman–Crippen LogP) is 2.40. The summed E-state index contributed by atoms with van der Waals surface area (Å²) < 4.78 is 5.39. The Bertz CT molecular complexity index is 309. The molecule has 4 nitrogen and oxygen atoms in total. The lowest BCUT2D eigenvalue weighted by atomic mass is 10.0. The molecule has 0 radical (unpaired) electrons. The molecule has 4 atom stereocenters. The summed E-state index contributed by atoms with van der Waals surface area (Å²) in [5.41, 5.74) is -0.435. The van der Waals surface area contributed by atoms with E-state index in [2.05, 4.69) is 0 Å². The summed E-state index contributed by atoms with van der Waals surface area (Å²) in [5, 5.41) is 9.62. The molecule has 1 N–H and O–H groups in total. The Labute approximate surface area is 109 Å². The number of aliphatic hydroxyl groups is 1. The van der Waals surface area contributed by atoms with Crippen molar-refractivity contribution in [2.45, 2.75) is 64.2 Å². The van der Waals surface area contributed by atoms with Crippen molar-refractivity contribution in [1.29, 1.82) is 0 Å². The van der Waals surface area contributed by atoms with Gasteiger partial charge in [-0.05, 0) is 58.3 Å². The van der Waals surface area contributed by atoms with Crippen LogP contribution in [-0.2, 0) is 4.74 Å². The minimum absolute atomic E-state index is 0.118. The molecule has 0 unspecified atom stereocenters. The van der Waals surface area contributed by atoms with Crippen LogP contribution >= 0.6 is 0 Å². The van der Waals surface area contributed by atoms with Gasteiger partial charge in [-0.1, -0.05) is 0 Å². The van der Waals surface area contributed by atoms with Crippen LogP contribution in [0.25, 0.3) is 0 Å². The number of ether oxygens (including phenoxy) is 1. The van der Waals surface area contributed by atoms with Gasteiger partial charge in [0, 0.05) is 13.1 Å². The third kappa shape index (κ3) is 2.97. The number of carbonyl (C=O) groups is 1. The molecule has 2 aliphatic carbocycles. The maximum atomic E-state index is 12.0. The van der Waals surface area contributed by atoms with E-state index in [9.17, 15) is 9.90 Å². The highest BCUT2D eigenvalue weighted by atomic mass is 16.6. The first-order valence-corrected chi connectivity index (χ1v) is 6.90. The largest absolute Gasteiger partial charge is 0.444 e. The average molecular weight is 255 g/mol. The lowest BCUT2D eigenvalue weighted by molar-refractivity contribution is 0.0216. The minimum atomic E-state index is -0.435. The van der Waals surface area contributed by atoms with Crippen molar-refractivity contribution in [3.63, 3.8) is 0 Å². The van der Waals surface area contributed by atoms with Crippen molar-refractivity contribution >= 4 is 6.09 Å². The summed E-state index contributed by atoms with van der Waals surface area (Å²) in [6.45, 7) is 5.66. The second-order valence-electron chi connectivity index (χ2n) is 6.86. The number of rotatable bonds is 1. The SMILES string of the molecule is CN(C(=O)OC(C)(C)C)[C@@H]1C[C@H]2C[C@H](O)C[C@H]2C1. The molecule has 0 spiro atoms. The lowest BCUT2D eigenvalue weighted by Crippen LogP contribution is -2.40. The summed E-state index contributed by atoms with van der Waals surface area (Å²) in [5.74, 6) is 1.18. The van der Waals surface area contributed by atoms with Gasteiger partial charge in [-0.25, -0.2) is 4.79 Å². The second-order valence-corrected chi connectivity index (χ2v) is 6.86. The van der Waals surface area contributed by atoms with E-state index in [1.165, 1.54) is 0 Å². The quantitative estimate of drug-likeness (QED) is 0.782. The standard InChI is InChI=1S/C14H25NO3/c1-14(2,3)18-13(17)15(4)11-5-9-7-12(16)8-10(9)6-11/h9-12,16H,5-8H2,1-4H3/t9-,10+,11+,12-. The number of nitrogens with zero attached hydrogens (tertiary/aromatic N) is 1. The number of aliphatic hydroxyl groups excluding tert-OH is 1. The van der Waals surface area contributed by atoms with Crippen LogP contribution in [0.2, 0.25) is 0 Å². The fourth-order valence-corrected chi connectivity index (χ4v) is 3.35. The van der Waals surface area contributed by atoms with Crippen LogP contribution in [-0.4, -0.2) is 40.9 Å². The van der Waals surface area contributed by atoms with Crippen LogP contribution in [0.5, 0.6) is 0 Å². The molecule has 2 aliphatic rings. The molecule has 0 aromatic heterocycles. The maximum absolute atomic E-state index is 12.0. The average Bonchev–Trinajstić information content (AvgIpc) is 2.70. The van der Waals surface area contributed by atoms with Crippen LogP contribution in [0.4, 0.5) is 4.79 Å². The van der Waals surface area contributed by atoms with E-state index in [0.29, 0.717) is 11.8 Å². The zero-order valence-electron chi connectivity index (χ0n) is 11.8. The topological polar surface area (TPSA) is 49.8 Å². The summed E-state index contributed by atoms with van der Waals surface area (Å²) in [6, 6.07) is 0.280. The number of amides is 1. The molecule has 104 valence electrons. The van der Waals surface area contributed by atoms with Crippen molar-refractivity contribution < 1.29 is 14.6 Å². The molecule has 0 heterocycles. The van der Waals surface area contributed by atoms with Crippen LogP contribution in [0.3, 0.4) is 0 Å². The minimum Gasteiger partial charge on any atom is -0.444 e. The molecule has 18 heavy (non-hydrogen) atoms. The number of carbonyl (C=O) groups excluding carboxylic acids is 1. The van der Waals surface area contributed by atoms with Gasteiger partial charge in [-0.15, -0.1) is 0 Å². The van der Waals surface area contributed by atoms with Crippen LogP contribution in [0.1, 0.15) is 46.5 Å². The first-order chi connectivity index (χ1) is 8.26. The monoisotopic (exact) mass is 255 g/mol. The van der Waals surface area contributed by atoms with Crippen molar-refractivity contribution in [3.8, 4) is 0 Å². The van der Waals surface area contributed by atoms with Crippen LogP contribution < -0.4 is 0 Å². The Morgan fingerprint density at radius 2 is 1.67 bits per heavy atom. The van der Waals surface area contributed by atoms with Crippen molar-refractivity contribution in [1.82, 2.24) is 4.90 Å². The zero-order chi connectivity index (χ0) is 13.5. The predicted molar refractivity (Wildman–Crippen MR) is 69.2 cm³/mol. The van der Waals surface area contributed by atoms with Gasteiger partial charge in [0.05, 0.1) is 6.10 Å². The maximum Gasteiger partial charge on any atom is 0.410 e. The highest BCUT2D eigenvalue weighted by molar-refractivity contribution is 5.68. The lowest BCUT2D eigenvalue weighted by Gasteiger charge is -2.29. The molecule has 2 rings (SSSR count). The Hall–Kier alpha value is -0.770. The van der Waals surface area contributed by atoms with Gasteiger partial charge in [0.15, 0.2) is 0 Å². The van der Waals surface area contributed by atoms with E-state index in [-0.39, 0.29) is 18.2 Å². The van der Waals surface area contributed by atoms with Gasteiger partial charge >= 0.3 is 6.09 Å². The van der Waals surface area contributed by atoms with E-state index in [0.717, 1.165) is 25.7 Å². The van der Waals surface area contributed by atoms with Crippen molar-refractivity contribution in [3.05, 3.63) is 0 Å². The Morgan fingerprint density at radius 3 is 2.11 bits per heavy atom. The Balaban J connectivity index is 1.88. The number of hydrogen-bond acceptors (Lipinski definition) is 3. The van der Waals surface area contributed by atoms with Gasteiger partial charge < -0.3 is 14.7 Å². The van der Waals surface area contributed by atoms with Crippen LogP contribution in [0, 0.1) is 11.8 Å². The molecule has 0 aromatic rings. The molecule has 2 saturated carbocycles. The molecule has 0 aromatic carbocycles. The molecule has 1 amide bonds. The fraction of sp³-hybridized carbons (Fsp3) is 0.929. The van der Waals surface area contributed by atoms with E-state index >= 15 is 0 Å².